The van der Waals surface area contributed by atoms with Gasteiger partial charge in [0.15, 0.2) is 0 Å². The molecule has 0 fully saturated rings. The zero-order valence-corrected chi connectivity index (χ0v) is 14.9. The van der Waals surface area contributed by atoms with Crippen molar-refractivity contribution in [3.63, 3.8) is 0 Å². The predicted octanol–water partition coefficient (Wildman–Crippen LogP) is 3.93. The van der Waals surface area contributed by atoms with Crippen LogP contribution in [0.4, 0.5) is 11.6 Å². The molecule has 0 spiro atoms. The number of fused-ring (bicyclic) bond motifs is 1. The highest BCUT2D eigenvalue weighted by molar-refractivity contribution is 5.80. The molecule has 3 aromatic carbocycles. The van der Waals surface area contributed by atoms with Crippen LogP contribution in [0.15, 0.2) is 77.6 Å². The first-order valence-electron chi connectivity index (χ1n) is 8.71. The third-order valence-corrected chi connectivity index (χ3v) is 4.43. The third-order valence-electron chi connectivity index (χ3n) is 4.43. The van der Waals surface area contributed by atoms with Crippen LogP contribution in [0.1, 0.15) is 11.1 Å². The van der Waals surface area contributed by atoms with Gasteiger partial charge in [-0.25, -0.2) is 9.55 Å². The van der Waals surface area contributed by atoms with Crippen LogP contribution in [0.3, 0.4) is 0 Å². The summed E-state index contributed by atoms with van der Waals surface area (Å²) >= 11 is 0. The molecule has 5 heteroatoms. The molecule has 0 aliphatic heterocycles. The van der Waals surface area contributed by atoms with E-state index in [0.717, 1.165) is 22.5 Å². The summed E-state index contributed by atoms with van der Waals surface area (Å²) < 4.78 is 1.59. The highest BCUT2D eigenvalue weighted by atomic mass is 16.3. The zero-order chi connectivity index (χ0) is 18.8. The van der Waals surface area contributed by atoms with Crippen molar-refractivity contribution in [2.45, 2.75) is 13.5 Å². The molecule has 1 aromatic heterocycles. The van der Waals surface area contributed by atoms with Crippen molar-refractivity contribution >= 4 is 22.5 Å². The number of hydrogen-bond donors (Lipinski definition) is 2. The van der Waals surface area contributed by atoms with Crippen LogP contribution >= 0.6 is 0 Å². The van der Waals surface area contributed by atoms with E-state index in [1.165, 1.54) is 0 Å². The highest BCUT2D eigenvalue weighted by Gasteiger charge is 2.13. The largest absolute Gasteiger partial charge is 0.392 e. The van der Waals surface area contributed by atoms with Crippen LogP contribution in [-0.4, -0.2) is 14.7 Å². The van der Waals surface area contributed by atoms with Gasteiger partial charge in [-0.15, -0.1) is 0 Å². The second-order valence-electron chi connectivity index (χ2n) is 6.41. The van der Waals surface area contributed by atoms with Crippen LogP contribution in [0.25, 0.3) is 16.6 Å². The fraction of sp³-hybridized carbons (Fsp3) is 0.0909. The Balaban J connectivity index is 1.91. The second kappa shape index (κ2) is 7.05. The van der Waals surface area contributed by atoms with Crippen molar-refractivity contribution in [1.29, 1.82) is 0 Å². The molecule has 4 rings (SSSR count). The number of nitrogens with one attached hydrogen (secondary N) is 1. The van der Waals surface area contributed by atoms with E-state index in [9.17, 15) is 9.90 Å². The average molecular weight is 357 g/mol. The summed E-state index contributed by atoms with van der Waals surface area (Å²) in [6, 6.07) is 22.5. The molecule has 0 unspecified atom stereocenters. The highest BCUT2D eigenvalue weighted by Crippen LogP contribution is 2.21. The SMILES string of the molecule is Cc1ccc2nc(Nc3ccc(CO)cc3)n(-c3ccccc3)c(=O)c2c1. The molecule has 0 saturated carbocycles. The summed E-state index contributed by atoms with van der Waals surface area (Å²) in [6.45, 7) is 1.95. The van der Waals surface area contributed by atoms with Crippen molar-refractivity contribution in [2.24, 2.45) is 0 Å². The summed E-state index contributed by atoms with van der Waals surface area (Å²) in [6.07, 6.45) is 0. The van der Waals surface area contributed by atoms with Gasteiger partial charge in [-0.3, -0.25) is 4.79 Å². The lowest BCUT2D eigenvalue weighted by molar-refractivity contribution is 0.282. The van der Waals surface area contributed by atoms with Crippen molar-refractivity contribution in [2.75, 3.05) is 5.32 Å². The summed E-state index contributed by atoms with van der Waals surface area (Å²) in [5, 5.41) is 13.0. The molecule has 27 heavy (non-hydrogen) atoms. The minimum absolute atomic E-state index is 0.0113. The van der Waals surface area contributed by atoms with Crippen LogP contribution in [0, 0.1) is 6.92 Å². The number of anilines is 2. The molecule has 5 nitrogen and oxygen atoms in total. The third kappa shape index (κ3) is 3.32. The van der Waals surface area contributed by atoms with Crippen LogP contribution in [0.5, 0.6) is 0 Å². The van der Waals surface area contributed by atoms with Crippen LogP contribution in [-0.2, 0) is 6.61 Å². The Bertz CT molecular complexity index is 1150. The lowest BCUT2D eigenvalue weighted by Gasteiger charge is -2.15. The molecular weight excluding hydrogens is 338 g/mol. The normalized spacial score (nSPS) is 10.9. The van der Waals surface area contributed by atoms with Gasteiger partial charge in [0.05, 0.1) is 23.2 Å². The average Bonchev–Trinajstić information content (AvgIpc) is 2.70. The Morgan fingerprint density at radius 3 is 2.44 bits per heavy atom. The van der Waals surface area contributed by atoms with Gasteiger partial charge in [0.2, 0.25) is 5.95 Å². The van der Waals surface area contributed by atoms with Gasteiger partial charge in [-0.1, -0.05) is 42.0 Å². The molecule has 4 aromatic rings. The molecule has 0 aliphatic carbocycles. The van der Waals surface area contributed by atoms with E-state index >= 15 is 0 Å². The predicted molar refractivity (Wildman–Crippen MR) is 108 cm³/mol. The molecular formula is C22H19N3O2. The minimum atomic E-state index is -0.121. The molecule has 134 valence electrons. The smallest absolute Gasteiger partial charge is 0.267 e. The van der Waals surface area contributed by atoms with E-state index in [1.807, 2.05) is 79.7 Å². The van der Waals surface area contributed by atoms with Gasteiger partial charge < -0.3 is 10.4 Å². The Morgan fingerprint density at radius 2 is 1.74 bits per heavy atom. The molecule has 0 amide bonds. The van der Waals surface area contributed by atoms with E-state index in [1.54, 1.807) is 4.57 Å². The second-order valence-corrected chi connectivity index (χ2v) is 6.41. The number of benzene rings is 3. The van der Waals surface area contributed by atoms with E-state index in [0.29, 0.717) is 16.9 Å². The fourth-order valence-corrected chi connectivity index (χ4v) is 3.02. The molecule has 0 atom stereocenters. The number of nitrogens with zero attached hydrogens (tertiary/aromatic N) is 2. The first kappa shape index (κ1) is 17.0. The van der Waals surface area contributed by atoms with Gasteiger partial charge in [0, 0.05) is 5.69 Å². The van der Waals surface area contributed by atoms with E-state index in [4.69, 9.17) is 4.98 Å². The van der Waals surface area contributed by atoms with Gasteiger partial charge in [0.1, 0.15) is 0 Å². The Hall–Kier alpha value is -3.44. The molecule has 0 radical (unpaired) electrons. The van der Waals surface area contributed by atoms with E-state index in [2.05, 4.69) is 5.32 Å². The van der Waals surface area contributed by atoms with Gasteiger partial charge in [-0.05, 0) is 48.9 Å². The van der Waals surface area contributed by atoms with E-state index < -0.39 is 0 Å². The number of aliphatic hydroxyl groups is 1. The quantitative estimate of drug-likeness (QED) is 0.581. The number of aromatic nitrogens is 2. The maximum atomic E-state index is 13.2. The number of hydrogen-bond acceptors (Lipinski definition) is 4. The summed E-state index contributed by atoms with van der Waals surface area (Å²) in [7, 11) is 0. The summed E-state index contributed by atoms with van der Waals surface area (Å²) in [5.41, 5.74) is 3.89. The number of aryl methyl sites for hydroxylation is 1. The minimum Gasteiger partial charge on any atom is -0.392 e. The maximum Gasteiger partial charge on any atom is 0.267 e. The maximum absolute atomic E-state index is 13.2. The van der Waals surface area contributed by atoms with Crippen LogP contribution in [0.2, 0.25) is 0 Å². The molecule has 1 heterocycles. The van der Waals surface area contributed by atoms with Crippen molar-refractivity contribution < 1.29 is 5.11 Å². The van der Waals surface area contributed by atoms with Crippen molar-refractivity contribution in [3.05, 3.63) is 94.3 Å². The van der Waals surface area contributed by atoms with Gasteiger partial charge >= 0.3 is 0 Å². The molecule has 0 aliphatic rings. The number of para-hydroxylation sites is 1. The Morgan fingerprint density at radius 1 is 1.00 bits per heavy atom. The number of rotatable bonds is 4. The first-order valence-corrected chi connectivity index (χ1v) is 8.71. The summed E-state index contributed by atoms with van der Waals surface area (Å²) in [4.78, 5) is 17.9. The number of aliphatic hydroxyl groups excluding tert-OH is 1. The monoisotopic (exact) mass is 357 g/mol. The lowest BCUT2D eigenvalue weighted by Crippen LogP contribution is -2.22. The molecule has 0 bridgehead atoms. The zero-order valence-electron chi connectivity index (χ0n) is 14.9. The molecule has 2 N–H and O–H groups in total. The first-order chi connectivity index (χ1) is 13.2. The standard InChI is InChI=1S/C22H19N3O2/c1-15-7-12-20-19(13-15)21(27)25(18-5-3-2-4-6-18)22(24-20)23-17-10-8-16(14-26)9-11-17/h2-13,26H,14H2,1H3,(H,23,24). The van der Waals surface area contributed by atoms with Gasteiger partial charge in [0.25, 0.3) is 5.56 Å². The topological polar surface area (TPSA) is 67.2 Å². The van der Waals surface area contributed by atoms with E-state index in [-0.39, 0.29) is 12.2 Å². The van der Waals surface area contributed by atoms with Crippen LogP contribution < -0.4 is 10.9 Å². The Labute approximate surface area is 156 Å². The molecule has 0 saturated heterocycles. The Kier molecular flexibility index (Phi) is 4.44. The fourth-order valence-electron chi connectivity index (χ4n) is 3.02. The van der Waals surface area contributed by atoms with Crippen molar-refractivity contribution in [3.8, 4) is 5.69 Å². The van der Waals surface area contributed by atoms with Gasteiger partial charge in [-0.2, -0.15) is 0 Å². The lowest BCUT2D eigenvalue weighted by atomic mass is 10.1. The van der Waals surface area contributed by atoms with Crippen molar-refractivity contribution in [1.82, 2.24) is 9.55 Å². The summed E-state index contributed by atoms with van der Waals surface area (Å²) in [5.74, 6) is 0.444.